The summed E-state index contributed by atoms with van der Waals surface area (Å²) in [4.78, 5) is 27.9. The van der Waals surface area contributed by atoms with Crippen molar-refractivity contribution >= 4 is 39.1 Å². The van der Waals surface area contributed by atoms with Crippen LogP contribution in [0.5, 0.6) is 0 Å². The minimum Gasteiger partial charge on any atom is -0.354 e. The van der Waals surface area contributed by atoms with Crippen molar-refractivity contribution in [2.75, 3.05) is 23.7 Å². The third kappa shape index (κ3) is 8.54. The Morgan fingerprint density at radius 2 is 1.80 bits per heavy atom. The zero-order valence-electron chi connectivity index (χ0n) is 21.0. The van der Waals surface area contributed by atoms with E-state index in [4.69, 9.17) is 11.6 Å². The smallest absolute Gasteiger partial charge is 0.242 e. The van der Waals surface area contributed by atoms with E-state index in [0.29, 0.717) is 36.6 Å². The highest BCUT2D eigenvalue weighted by Gasteiger charge is 2.29. The second kappa shape index (κ2) is 13.5. The minimum atomic E-state index is -3.57. The van der Waals surface area contributed by atoms with Crippen molar-refractivity contribution in [3.05, 3.63) is 64.7 Å². The van der Waals surface area contributed by atoms with Crippen LogP contribution in [0, 0.1) is 6.92 Å². The number of amides is 2. The van der Waals surface area contributed by atoms with Gasteiger partial charge >= 0.3 is 0 Å². The van der Waals surface area contributed by atoms with E-state index >= 15 is 0 Å². The first-order valence-corrected chi connectivity index (χ1v) is 14.2. The Morgan fingerprint density at radius 3 is 2.40 bits per heavy atom. The van der Waals surface area contributed by atoms with Crippen LogP contribution in [-0.2, 0) is 26.2 Å². The molecule has 0 spiro atoms. The molecule has 0 bridgehead atoms. The van der Waals surface area contributed by atoms with Crippen molar-refractivity contribution < 1.29 is 18.0 Å². The van der Waals surface area contributed by atoms with E-state index < -0.39 is 16.1 Å². The molecule has 0 aliphatic carbocycles. The van der Waals surface area contributed by atoms with Gasteiger partial charge in [-0.05, 0) is 55.5 Å². The van der Waals surface area contributed by atoms with E-state index in [9.17, 15) is 18.0 Å². The number of sulfonamides is 1. The van der Waals surface area contributed by atoms with Crippen molar-refractivity contribution in [1.29, 1.82) is 0 Å². The number of anilines is 1. The Hall–Kier alpha value is -2.58. The van der Waals surface area contributed by atoms with Crippen LogP contribution in [0.4, 0.5) is 5.69 Å². The van der Waals surface area contributed by atoms with E-state index in [1.807, 2.05) is 45.0 Å². The summed E-state index contributed by atoms with van der Waals surface area (Å²) in [6, 6.07) is 13.8. The quantitative estimate of drug-likeness (QED) is 0.419. The molecule has 0 aromatic heterocycles. The van der Waals surface area contributed by atoms with E-state index in [1.54, 1.807) is 29.2 Å². The summed E-state index contributed by atoms with van der Waals surface area (Å²) in [5, 5.41) is 3.34. The van der Waals surface area contributed by atoms with E-state index in [0.717, 1.165) is 23.8 Å². The number of hydrogen-bond donors (Lipinski definition) is 1. The van der Waals surface area contributed by atoms with Crippen molar-refractivity contribution in [3.63, 3.8) is 0 Å². The van der Waals surface area contributed by atoms with Gasteiger partial charge in [-0.25, -0.2) is 8.42 Å². The molecule has 0 aliphatic rings. The van der Waals surface area contributed by atoms with Crippen molar-refractivity contribution in [1.82, 2.24) is 10.2 Å². The molecule has 1 atom stereocenters. The SMILES string of the molecule is CCCNC(=O)[C@@H](CC)N(Cc1ccccc1C)C(=O)CCCN(c1cccc(Cl)c1)S(C)(=O)=O. The van der Waals surface area contributed by atoms with Gasteiger partial charge < -0.3 is 10.2 Å². The summed E-state index contributed by atoms with van der Waals surface area (Å²) >= 11 is 6.05. The summed E-state index contributed by atoms with van der Waals surface area (Å²) in [5.74, 6) is -0.362. The lowest BCUT2D eigenvalue weighted by Crippen LogP contribution is -2.49. The zero-order valence-corrected chi connectivity index (χ0v) is 22.5. The highest BCUT2D eigenvalue weighted by atomic mass is 35.5. The first-order valence-electron chi connectivity index (χ1n) is 11.9. The summed E-state index contributed by atoms with van der Waals surface area (Å²) in [7, 11) is -3.57. The second-order valence-electron chi connectivity index (χ2n) is 8.58. The first-order chi connectivity index (χ1) is 16.6. The topological polar surface area (TPSA) is 86.8 Å². The number of carbonyl (C=O) groups excluding carboxylic acids is 2. The number of carbonyl (C=O) groups is 2. The maximum Gasteiger partial charge on any atom is 0.242 e. The fourth-order valence-electron chi connectivity index (χ4n) is 3.89. The predicted octanol–water partition coefficient (Wildman–Crippen LogP) is 4.53. The summed E-state index contributed by atoms with van der Waals surface area (Å²) in [5.41, 5.74) is 2.47. The highest BCUT2D eigenvalue weighted by molar-refractivity contribution is 7.92. The monoisotopic (exact) mass is 521 g/mol. The molecule has 7 nitrogen and oxygen atoms in total. The molecule has 2 aromatic rings. The lowest BCUT2D eigenvalue weighted by molar-refractivity contribution is -0.141. The number of aryl methyl sites for hydroxylation is 1. The molecule has 2 amide bonds. The Bertz CT molecular complexity index is 1110. The van der Waals surface area contributed by atoms with E-state index in [1.165, 1.54) is 4.31 Å². The number of nitrogens with zero attached hydrogens (tertiary/aromatic N) is 2. The van der Waals surface area contributed by atoms with Gasteiger partial charge in [0.15, 0.2) is 0 Å². The van der Waals surface area contributed by atoms with Crippen molar-refractivity contribution in [3.8, 4) is 0 Å². The standard InChI is InChI=1S/C26H36ClN3O4S/c1-5-16-28-26(32)24(6-2)29(19-21-12-8-7-11-20(21)3)25(31)15-10-17-30(35(4,33)34)23-14-9-13-22(27)18-23/h7-9,11-14,18,24H,5-6,10,15-17,19H2,1-4H3,(H,28,32)/t24-/m1/s1. The van der Waals surface area contributed by atoms with Gasteiger partial charge in [-0.1, -0.05) is 55.8 Å². The summed E-state index contributed by atoms with van der Waals surface area (Å²) in [6.07, 6.45) is 2.82. The van der Waals surface area contributed by atoms with Crippen LogP contribution in [0.15, 0.2) is 48.5 Å². The van der Waals surface area contributed by atoms with Gasteiger partial charge in [0.05, 0.1) is 11.9 Å². The molecule has 0 heterocycles. The third-order valence-electron chi connectivity index (χ3n) is 5.79. The van der Waals surface area contributed by atoms with Crippen LogP contribution in [0.3, 0.4) is 0 Å². The number of benzene rings is 2. The molecular formula is C26H36ClN3O4S. The number of rotatable bonds is 13. The average molecular weight is 522 g/mol. The van der Waals surface area contributed by atoms with Crippen LogP contribution in [0.2, 0.25) is 5.02 Å². The van der Waals surface area contributed by atoms with Crippen LogP contribution in [0.1, 0.15) is 50.7 Å². The van der Waals surface area contributed by atoms with Gasteiger partial charge in [0.2, 0.25) is 21.8 Å². The van der Waals surface area contributed by atoms with Crippen molar-refractivity contribution in [2.45, 2.75) is 59.0 Å². The van der Waals surface area contributed by atoms with Gasteiger partial charge in [0.1, 0.15) is 6.04 Å². The molecule has 0 saturated carbocycles. The van der Waals surface area contributed by atoms with Crippen molar-refractivity contribution in [2.24, 2.45) is 0 Å². The molecular weight excluding hydrogens is 486 g/mol. The number of hydrogen-bond acceptors (Lipinski definition) is 4. The summed E-state index contributed by atoms with van der Waals surface area (Å²) < 4.78 is 26.1. The largest absolute Gasteiger partial charge is 0.354 e. The van der Waals surface area contributed by atoms with Gasteiger partial charge in [-0.15, -0.1) is 0 Å². The maximum atomic E-state index is 13.4. The highest BCUT2D eigenvalue weighted by Crippen LogP contribution is 2.23. The molecule has 192 valence electrons. The zero-order chi connectivity index (χ0) is 26.0. The molecule has 0 fully saturated rings. The Balaban J connectivity index is 2.21. The Labute approximate surface area is 214 Å². The lowest BCUT2D eigenvalue weighted by atomic mass is 10.1. The molecule has 0 aliphatic heterocycles. The minimum absolute atomic E-state index is 0.107. The van der Waals surface area contributed by atoms with E-state index in [-0.39, 0.29) is 24.8 Å². The molecule has 2 aromatic carbocycles. The van der Waals surface area contributed by atoms with Crippen LogP contribution < -0.4 is 9.62 Å². The van der Waals surface area contributed by atoms with Crippen LogP contribution >= 0.6 is 11.6 Å². The predicted molar refractivity (Wildman–Crippen MR) is 142 cm³/mol. The Morgan fingerprint density at radius 1 is 1.09 bits per heavy atom. The molecule has 35 heavy (non-hydrogen) atoms. The molecule has 9 heteroatoms. The number of nitrogens with one attached hydrogen (secondary N) is 1. The molecule has 0 unspecified atom stereocenters. The van der Waals surface area contributed by atoms with Crippen LogP contribution in [-0.4, -0.2) is 50.5 Å². The number of halogens is 1. The third-order valence-corrected chi connectivity index (χ3v) is 7.21. The van der Waals surface area contributed by atoms with E-state index in [2.05, 4.69) is 5.32 Å². The fraction of sp³-hybridized carbons (Fsp3) is 0.462. The second-order valence-corrected chi connectivity index (χ2v) is 10.9. The summed E-state index contributed by atoms with van der Waals surface area (Å²) in [6.45, 7) is 6.83. The molecule has 2 rings (SSSR count). The maximum absolute atomic E-state index is 13.4. The average Bonchev–Trinajstić information content (AvgIpc) is 2.80. The molecule has 1 N–H and O–H groups in total. The van der Waals surface area contributed by atoms with Gasteiger partial charge in [0.25, 0.3) is 0 Å². The van der Waals surface area contributed by atoms with Gasteiger partial charge in [0, 0.05) is 31.1 Å². The normalized spacial score (nSPS) is 12.1. The lowest BCUT2D eigenvalue weighted by Gasteiger charge is -2.31. The van der Waals surface area contributed by atoms with Crippen LogP contribution in [0.25, 0.3) is 0 Å². The first kappa shape index (κ1) is 28.7. The van der Waals surface area contributed by atoms with Gasteiger partial charge in [-0.3, -0.25) is 13.9 Å². The Kier molecular flexibility index (Phi) is 11.0. The van der Waals surface area contributed by atoms with Gasteiger partial charge in [-0.2, -0.15) is 0 Å². The molecule has 0 radical (unpaired) electrons. The molecule has 0 saturated heterocycles. The fourth-order valence-corrected chi connectivity index (χ4v) is 5.03.